The molecular formula is C24H26N4O3. The normalized spacial score (nSPS) is 18.6. The second-order valence-electron chi connectivity index (χ2n) is 7.84. The third kappa shape index (κ3) is 4.09. The van der Waals surface area contributed by atoms with Gasteiger partial charge in [-0.25, -0.2) is 0 Å². The number of H-pyrrole nitrogens is 1. The van der Waals surface area contributed by atoms with Crippen molar-refractivity contribution in [1.29, 1.82) is 0 Å². The molecule has 0 radical (unpaired) electrons. The first-order valence-electron chi connectivity index (χ1n) is 10.4. The van der Waals surface area contributed by atoms with Gasteiger partial charge in [-0.15, -0.1) is 0 Å². The van der Waals surface area contributed by atoms with Crippen LogP contribution in [-0.2, 0) is 9.53 Å². The van der Waals surface area contributed by atoms with Crippen LogP contribution in [0.15, 0.2) is 29.4 Å². The van der Waals surface area contributed by atoms with Crippen LogP contribution in [0.1, 0.15) is 51.3 Å². The standard InChI is InChI=1S/C24H26N4O3/c1-14-21(13-29)15(2)27-23(14)10-20-19-9-16(3-4-22(19)28-24(20)30)17(11-25)12-26-18-5-7-31-8-6-18/h3-4,9-13,18,27H,5-8,25H2,1-2H3,(H,28,30)/b17-11?,20-10-,26-12?. The molecule has 2 aliphatic rings. The number of benzene rings is 1. The fraction of sp³-hybridized carbons (Fsp3) is 0.292. The molecule has 1 fully saturated rings. The number of amides is 1. The molecule has 1 aromatic heterocycles. The predicted octanol–water partition coefficient (Wildman–Crippen LogP) is 3.49. The molecule has 3 heterocycles. The molecule has 31 heavy (non-hydrogen) atoms. The summed E-state index contributed by atoms with van der Waals surface area (Å²) < 4.78 is 5.38. The van der Waals surface area contributed by atoms with Gasteiger partial charge in [-0.2, -0.15) is 0 Å². The minimum Gasteiger partial charge on any atom is -0.404 e. The van der Waals surface area contributed by atoms with Crippen LogP contribution < -0.4 is 11.1 Å². The first kappa shape index (κ1) is 20.8. The van der Waals surface area contributed by atoms with E-state index in [2.05, 4.69) is 15.3 Å². The number of aliphatic imine (C=N–C) groups is 1. The number of nitrogens with two attached hydrogens (primary N) is 1. The second kappa shape index (κ2) is 8.73. The van der Waals surface area contributed by atoms with Crippen molar-refractivity contribution in [2.45, 2.75) is 32.7 Å². The third-order valence-corrected chi connectivity index (χ3v) is 5.87. The zero-order chi connectivity index (χ0) is 22.0. The van der Waals surface area contributed by atoms with Crippen molar-refractivity contribution < 1.29 is 14.3 Å². The Balaban J connectivity index is 1.67. The number of fused-ring (bicyclic) bond motifs is 1. The van der Waals surface area contributed by atoms with Crippen molar-refractivity contribution >= 4 is 41.3 Å². The molecule has 2 aromatic rings. The summed E-state index contributed by atoms with van der Waals surface area (Å²) in [5.74, 6) is -0.180. The van der Waals surface area contributed by atoms with Crippen LogP contribution in [0.5, 0.6) is 0 Å². The maximum absolute atomic E-state index is 12.7. The molecule has 0 saturated carbocycles. The summed E-state index contributed by atoms with van der Waals surface area (Å²) in [7, 11) is 0. The van der Waals surface area contributed by atoms with Crippen molar-refractivity contribution in [3.8, 4) is 0 Å². The van der Waals surface area contributed by atoms with Crippen molar-refractivity contribution in [2.75, 3.05) is 18.5 Å². The Labute approximate surface area is 181 Å². The van der Waals surface area contributed by atoms with Gasteiger partial charge in [-0.3, -0.25) is 14.6 Å². The van der Waals surface area contributed by atoms with E-state index in [0.717, 1.165) is 71.7 Å². The summed E-state index contributed by atoms with van der Waals surface area (Å²) >= 11 is 0. The van der Waals surface area contributed by atoms with Gasteiger partial charge in [-0.05, 0) is 56.0 Å². The number of rotatable bonds is 5. The number of aromatic amines is 1. The van der Waals surface area contributed by atoms with Crippen LogP contribution >= 0.6 is 0 Å². The number of aryl methyl sites for hydroxylation is 1. The average molecular weight is 418 g/mol. The summed E-state index contributed by atoms with van der Waals surface area (Å²) in [5.41, 5.74) is 12.6. The van der Waals surface area contributed by atoms with Crippen LogP contribution in [0.4, 0.5) is 5.69 Å². The molecule has 7 nitrogen and oxygen atoms in total. The Hall–Kier alpha value is -3.45. The lowest BCUT2D eigenvalue weighted by molar-refractivity contribution is -0.110. The lowest BCUT2D eigenvalue weighted by Crippen LogP contribution is -2.18. The minimum atomic E-state index is -0.180. The van der Waals surface area contributed by atoms with E-state index >= 15 is 0 Å². The Morgan fingerprint density at radius 1 is 1.26 bits per heavy atom. The molecule has 0 bridgehead atoms. The molecule has 0 aliphatic carbocycles. The second-order valence-corrected chi connectivity index (χ2v) is 7.84. The minimum absolute atomic E-state index is 0.180. The van der Waals surface area contributed by atoms with Crippen LogP contribution in [0.25, 0.3) is 17.2 Å². The maximum atomic E-state index is 12.7. The molecule has 2 aliphatic heterocycles. The van der Waals surface area contributed by atoms with Gasteiger partial charge in [0.25, 0.3) is 5.91 Å². The van der Waals surface area contributed by atoms with Gasteiger partial charge in [0.05, 0.1) is 11.6 Å². The third-order valence-electron chi connectivity index (χ3n) is 5.87. The molecule has 0 spiro atoms. The quantitative estimate of drug-likeness (QED) is 0.392. The number of carbonyl (C=O) groups excluding carboxylic acids is 2. The maximum Gasteiger partial charge on any atom is 0.256 e. The number of nitrogens with one attached hydrogen (secondary N) is 2. The zero-order valence-electron chi connectivity index (χ0n) is 17.7. The van der Waals surface area contributed by atoms with E-state index in [9.17, 15) is 9.59 Å². The van der Waals surface area contributed by atoms with Gasteiger partial charge in [0.2, 0.25) is 0 Å². The number of aldehydes is 1. The van der Waals surface area contributed by atoms with E-state index < -0.39 is 0 Å². The highest BCUT2D eigenvalue weighted by atomic mass is 16.5. The molecule has 4 rings (SSSR count). The van der Waals surface area contributed by atoms with E-state index in [1.807, 2.05) is 32.0 Å². The topological polar surface area (TPSA) is 110 Å². The fourth-order valence-electron chi connectivity index (χ4n) is 4.00. The Morgan fingerprint density at radius 3 is 2.71 bits per heavy atom. The number of anilines is 1. The summed E-state index contributed by atoms with van der Waals surface area (Å²) in [6.45, 7) is 5.17. The van der Waals surface area contributed by atoms with E-state index in [0.29, 0.717) is 11.1 Å². The smallest absolute Gasteiger partial charge is 0.256 e. The summed E-state index contributed by atoms with van der Waals surface area (Å²) in [4.78, 5) is 31.9. The van der Waals surface area contributed by atoms with Crippen LogP contribution in [-0.4, -0.2) is 42.6 Å². The molecular weight excluding hydrogens is 392 g/mol. The molecule has 1 amide bonds. The number of aromatic nitrogens is 1. The molecule has 0 unspecified atom stereocenters. The van der Waals surface area contributed by atoms with Gasteiger partial charge in [0.1, 0.15) is 0 Å². The number of allylic oxidation sites excluding steroid dienone is 1. The van der Waals surface area contributed by atoms with Gasteiger partial charge >= 0.3 is 0 Å². The number of nitrogens with zero attached hydrogens (tertiary/aromatic N) is 1. The molecule has 7 heteroatoms. The van der Waals surface area contributed by atoms with Gasteiger partial charge in [0.15, 0.2) is 6.29 Å². The van der Waals surface area contributed by atoms with Gasteiger partial charge in [-0.1, -0.05) is 6.07 Å². The molecule has 0 atom stereocenters. The van der Waals surface area contributed by atoms with Gasteiger partial charge in [0, 0.05) is 59.4 Å². The van der Waals surface area contributed by atoms with Crippen molar-refractivity contribution in [2.24, 2.45) is 10.7 Å². The predicted molar refractivity (Wildman–Crippen MR) is 123 cm³/mol. The molecule has 4 N–H and O–H groups in total. The molecule has 160 valence electrons. The number of hydrogen-bond acceptors (Lipinski definition) is 5. The van der Waals surface area contributed by atoms with Crippen LogP contribution in [0.2, 0.25) is 0 Å². The highest BCUT2D eigenvalue weighted by Gasteiger charge is 2.25. The summed E-state index contributed by atoms with van der Waals surface area (Å²) in [5, 5.41) is 2.90. The van der Waals surface area contributed by atoms with E-state index in [4.69, 9.17) is 10.5 Å². The van der Waals surface area contributed by atoms with Crippen LogP contribution in [0, 0.1) is 13.8 Å². The zero-order valence-corrected chi connectivity index (χ0v) is 17.7. The van der Waals surface area contributed by atoms with Crippen molar-refractivity contribution in [3.05, 3.63) is 58.0 Å². The van der Waals surface area contributed by atoms with Crippen molar-refractivity contribution in [1.82, 2.24) is 4.98 Å². The lowest BCUT2D eigenvalue weighted by Gasteiger charge is -2.18. The Morgan fingerprint density at radius 2 is 2.03 bits per heavy atom. The average Bonchev–Trinajstić information content (AvgIpc) is 3.24. The summed E-state index contributed by atoms with van der Waals surface area (Å²) in [6, 6.07) is 5.98. The van der Waals surface area contributed by atoms with E-state index in [1.54, 1.807) is 12.3 Å². The Bertz CT molecular complexity index is 1120. The van der Waals surface area contributed by atoms with Gasteiger partial charge < -0.3 is 20.8 Å². The lowest BCUT2D eigenvalue weighted by atomic mass is 9.99. The molecule has 1 saturated heterocycles. The van der Waals surface area contributed by atoms with Crippen LogP contribution in [0.3, 0.4) is 0 Å². The number of ether oxygens (including phenoxy) is 1. The van der Waals surface area contributed by atoms with E-state index in [-0.39, 0.29) is 11.9 Å². The fourth-order valence-corrected chi connectivity index (χ4v) is 4.00. The highest BCUT2D eigenvalue weighted by Crippen LogP contribution is 2.35. The SMILES string of the molecule is Cc1[nH]c(/C=C2\C(=O)Nc3ccc(C(C=NC4CCOCC4)=CN)cc32)c(C)c1C=O. The number of carbonyl (C=O) groups is 2. The van der Waals surface area contributed by atoms with Crippen molar-refractivity contribution in [3.63, 3.8) is 0 Å². The first-order chi connectivity index (χ1) is 15.0. The highest BCUT2D eigenvalue weighted by molar-refractivity contribution is 6.35. The van der Waals surface area contributed by atoms with E-state index in [1.165, 1.54) is 6.20 Å². The Kier molecular flexibility index (Phi) is 5.86. The molecule has 1 aromatic carbocycles. The monoisotopic (exact) mass is 418 g/mol. The number of hydrogen-bond donors (Lipinski definition) is 3. The first-order valence-corrected chi connectivity index (χ1v) is 10.4. The summed E-state index contributed by atoms with van der Waals surface area (Å²) in [6.07, 6.45) is 7.78. The largest absolute Gasteiger partial charge is 0.404 e.